The lowest BCUT2D eigenvalue weighted by Gasteiger charge is -2.13. The molecule has 0 aliphatic heterocycles. The number of halogens is 2. The van der Waals surface area contributed by atoms with Crippen LogP contribution >= 0.6 is 27.5 Å². The molecule has 0 spiro atoms. The first-order valence-electron chi connectivity index (χ1n) is 6.25. The molecule has 0 saturated carbocycles. The van der Waals surface area contributed by atoms with Gasteiger partial charge in [0.2, 0.25) is 5.91 Å². The number of nitrogens with one attached hydrogen (secondary N) is 1. The predicted molar refractivity (Wildman–Crippen MR) is 87.6 cm³/mol. The van der Waals surface area contributed by atoms with Crippen molar-refractivity contribution in [1.29, 1.82) is 0 Å². The molecule has 2 rings (SSSR count). The molecule has 0 fully saturated rings. The Kier molecular flexibility index (Phi) is 5.22. The first-order valence-corrected chi connectivity index (χ1v) is 7.42. The summed E-state index contributed by atoms with van der Waals surface area (Å²) in [6, 6.07) is 11.0. The van der Waals surface area contributed by atoms with E-state index < -0.39 is 6.04 Å². The fourth-order valence-corrected chi connectivity index (χ4v) is 2.58. The van der Waals surface area contributed by atoms with Crippen LogP contribution in [0.15, 0.2) is 46.9 Å². The normalized spacial score (nSPS) is 12.0. The van der Waals surface area contributed by atoms with E-state index in [4.69, 9.17) is 17.3 Å². The van der Waals surface area contributed by atoms with Crippen molar-refractivity contribution < 1.29 is 9.90 Å². The van der Waals surface area contributed by atoms with Crippen LogP contribution in [0.25, 0.3) is 0 Å². The number of nitrogens with two attached hydrogens (primary N) is 1. The van der Waals surface area contributed by atoms with Gasteiger partial charge >= 0.3 is 0 Å². The lowest BCUT2D eigenvalue weighted by atomic mass is 10.1. The summed E-state index contributed by atoms with van der Waals surface area (Å²) in [6.45, 7) is 0. The molecule has 0 unspecified atom stereocenters. The van der Waals surface area contributed by atoms with Crippen molar-refractivity contribution in [2.75, 3.05) is 5.32 Å². The van der Waals surface area contributed by atoms with E-state index in [-0.39, 0.29) is 11.7 Å². The number of rotatable bonds is 4. The number of aromatic hydroxyl groups is 1. The third-order valence-corrected chi connectivity index (χ3v) is 3.81. The SMILES string of the molecule is N[C@H](Cc1ccc(O)cc1)C(=O)Nc1ccc(Cl)cc1Br. The second-order valence-electron chi connectivity index (χ2n) is 4.59. The van der Waals surface area contributed by atoms with Gasteiger partial charge < -0.3 is 16.2 Å². The van der Waals surface area contributed by atoms with Gasteiger partial charge in [0.15, 0.2) is 0 Å². The Labute approximate surface area is 136 Å². The number of phenols is 1. The van der Waals surface area contributed by atoms with Crippen molar-refractivity contribution in [1.82, 2.24) is 0 Å². The summed E-state index contributed by atoms with van der Waals surface area (Å²) in [5.74, 6) is -0.104. The number of hydrogen-bond donors (Lipinski definition) is 3. The van der Waals surface area contributed by atoms with Crippen molar-refractivity contribution in [3.8, 4) is 5.75 Å². The van der Waals surface area contributed by atoms with Gasteiger partial charge in [-0.2, -0.15) is 0 Å². The van der Waals surface area contributed by atoms with E-state index in [2.05, 4.69) is 21.2 Å². The molecule has 6 heteroatoms. The van der Waals surface area contributed by atoms with Crippen LogP contribution < -0.4 is 11.1 Å². The second kappa shape index (κ2) is 6.93. The fourth-order valence-electron chi connectivity index (χ4n) is 1.79. The Hall–Kier alpha value is -1.56. The highest BCUT2D eigenvalue weighted by atomic mass is 79.9. The summed E-state index contributed by atoms with van der Waals surface area (Å²) in [7, 11) is 0. The minimum Gasteiger partial charge on any atom is -0.508 e. The predicted octanol–water partition coefficient (Wildman–Crippen LogP) is 3.32. The van der Waals surface area contributed by atoms with Crippen LogP contribution in [0.2, 0.25) is 5.02 Å². The third kappa shape index (κ3) is 4.46. The molecule has 0 radical (unpaired) electrons. The number of amides is 1. The summed E-state index contributed by atoms with van der Waals surface area (Å²) in [5.41, 5.74) is 7.40. The van der Waals surface area contributed by atoms with Crippen molar-refractivity contribution in [2.24, 2.45) is 5.73 Å². The van der Waals surface area contributed by atoms with E-state index >= 15 is 0 Å². The number of carbonyl (C=O) groups excluding carboxylic acids is 1. The Balaban J connectivity index is 2.00. The summed E-state index contributed by atoms with van der Waals surface area (Å²) >= 11 is 9.18. The quantitative estimate of drug-likeness (QED) is 0.774. The summed E-state index contributed by atoms with van der Waals surface area (Å²) in [5, 5.41) is 12.5. The molecule has 0 aromatic heterocycles. The van der Waals surface area contributed by atoms with Crippen LogP contribution in [0.3, 0.4) is 0 Å². The maximum absolute atomic E-state index is 12.1. The number of phenolic OH excluding ortho intramolecular Hbond substituents is 1. The van der Waals surface area contributed by atoms with Gasteiger partial charge in [-0.05, 0) is 58.2 Å². The van der Waals surface area contributed by atoms with Gasteiger partial charge in [-0.15, -0.1) is 0 Å². The minimum atomic E-state index is -0.683. The topological polar surface area (TPSA) is 75.3 Å². The van der Waals surface area contributed by atoms with Crippen molar-refractivity contribution in [2.45, 2.75) is 12.5 Å². The Bertz CT molecular complexity index is 647. The van der Waals surface area contributed by atoms with E-state index in [1.54, 1.807) is 42.5 Å². The Morgan fingerprint density at radius 3 is 2.57 bits per heavy atom. The number of carbonyl (C=O) groups is 1. The van der Waals surface area contributed by atoms with E-state index in [0.29, 0.717) is 21.6 Å². The molecule has 4 nitrogen and oxygen atoms in total. The van der Waals surface area contributed by atoms with Crippen LogP contribution in [0.1, 0.15) is 5.56 Å². The fraction of sp³-hybridized carbons (Fsp3) is 0.133. The molecule has 1 atom stereocenters. The second-order valence-corrected chi connectivity index (χ2v) is 5.88. The zero-order valence-corrected chi connectivity index (χ0v) is 13.4. The van der Waals surface area contributed by atoms with E-state index in [1.165, 1.54) is 0 Å². The summed E-state index contributed by atoms with van der Waals surface area (Å²) in [4.78, 5) is 12.1. The van der Waals surface area contributed by atoms with E-state index in [0.717, 1.165) is 5.56 Å². The molecule has 0 aliphatic carbocycles. The highest BCUT2D eigenvalue weighted by molar-refractivity contribution is 9.10. The van der Waals surface area contributed by atoms with Crippen molar-refractivity contribution >= 4 is 39.1 Å². The van der Waals surface area contributed by atoms with Crippen LogP contribution in [0.4, 0.5) is 5.69 Å². The van der Waals surface area contributed by atoms with Crippen LogP contribution in [0.5, 0.6) is 5.75 Å². The average molecular weight is 370 g/mol. The Morgan fingerprint density at radius 2 is 1.95 bits per heavy atom. The smallest absolute Gasteiger partial charge is 0.241 e. The number of benzene rings is 2. The molecule has 0 bridgehead atoms. The van der Waals surface area contributed by atoms with Crippen molar-refractivity contribution in [3.63, 3.8) is 0 Å². The molecule has 2 aromatic rings. The van der Waals surface area contributed by atoms with Gasteiger partial charge in [0, 0.05) is 9.50 Å². The maximum Gasteiger partial charge on any atom is 0.241 e. The molecule has 0 heterocycles. The van der Waals surface area contributed by atoms with Crippen molar-refractivity contribution in [3.05, 3.63) is 57.5 Å². The molecular weight excluding hydrogens is 356 g/mol. The zero-order valence-electron chi connectivity index (χ0n) is 11.0. The highest BCUT2D eigenvalue weighted by Crippen LogP contribution is 2.26. The minimum absolute atomic E-state index is 0.182. The van der Waals surface area contributed by atoms with Gasteiger partial charge in [-0.25, -0.2) is 0 Å². The summed E-state index contributed by atoms with van der Waals surface area (Å²) < 4.78 is 0.695. The van der Waals surface area contributed by atoms with Crippen LogP contribution in [0, 0.1) is 0 Å². The average Bonchev–Trinajstić information content (AvgIpc) is 2.44. The van der Waals surface area contributed by atoms with Gasteiger partial charge in [-0.1, -0.05) is 23.7 Å². The molecule has 21 heavy (non-hydrogen) atoms. The first-order chi connectivity index (χ1) is 9.95. The highest BCUT2D eigenvalue weighted by Gasteiger charge is 2.15. The van der Waals surface area contributed by atoms with Gasteiger partial charge in [0.1, 0.15) is 5.75 Å². The lowest BCUT2D eigenvalue weighted by Crippen LogP contribution is -2.37. The van der Waals surface area contributed by atoms with E-state index in [1.807, 2.05) is 0 Å². The van der Waals surface area contributed by atoms with Gasteiger partial charge in [0.05, 0.1) is 11.7 Å². The molecule has 1 amide bonds. The lowest BCUT2D eigenvalue weighted by molar-refractivity contribution is -0.117. The molecule has 4 N–H and O–H groups in total. The van der Waals surface area contributed by atoms with E-state index in [9.17, 15) is 9.90 Å². The van der Waals surface area contributed by atoms with Gasteiger partial charge in [-0.3, -0.25) is 4.79 Å². The molecule has 2 aromatic carbocycles. The molecule has 110 valence electrons. The molecule has 0 saturated heterocycles. The third-order valence-electron chi connectivity index (χ3n) is 2.92. The largest absolute Gasteiger partial charge is 0.508 e. The standard InChI is InChI=1S/C15H14BrClN2O2/c16-12-8-10(17)3-6-14(12)19-15(21)13(18)7-9-1-4-11(20)5-2-9/h1-6,8,13,20H,7,18H2,(H,19,21)/t13-/m1/s1. The van der Waals surface area contributed by atoms with Gasteiger partial charge in [0.25, 0.3) is 0 Å². The molecular formula is C15H14BrClN2O2. The van der Waals surface area contributed by atoms with Crippen LogP contribution in [-0.4, -0.2) is 17.1 Å². The maximum atomic E-state index is 12.1. The summed E-state index contributed by atoms with van der Waals surface area (Å²) in [6.07, 6.45) is 0.386. The number of hydrogen-bond acceptors (Lipinski definition) is 3. The zero-order chi connectivity index (χ0) is 15.4. The number of anilines is 1. The van der Waals surface area contributed by atoms with Crippen LogP contribution in [-0.2, 0) is 11.2 Å². The molecule has 0 aliphatic rings. The monoisotopic (exact) mass is 368 g/mol. The first kappa shape index (κ1) is 15.8. The Morgan fingerprint density at radius 1 is 1.29 bits per heavy atom.